The Bertz CT molecular complexity index is 827. The average molecular weight is 461 g/mol. The minimum Gasteiger partial charge on any atom is -0.289 e. The van der Waals surface area contributed by atoms with Gasteiger partial charge in [-0.2, -0.15) is 0 Å². The molecule has 0 aromatic heterocycles. The van der Waals surface area contributed by atoms with Gasteiger partial charge >= 0.3 is 6.03 Å². The minimum atomic E-state index is -0.802. The molecule has 182 valence electrons. The summed E-state index contributed by atoms with van der Waals surface area (Å²) in [6, 6.07) is 8.32. The van der Waals surface area contributed by atoms with Crippen molar-refractivity contribution in [2.45, 2.75) is 65.8 Å². The van der Waals surface area contributed by atoms with Gasteiger partial charge in [0.2, 0.25) is 11.8 Å². The summed E-state index contributed by atoms with van der Waals surface area (Å²) in [5.74, 6) is -2.96. The molecular formula is C24H36N4O5. The zero-order chi connectivity index (χ0) is 24.5. The van der Waals surface area contributed by atoms with Crippen molar-refractivity contribution in [2.75, 3.05) is 0 Å². The van der Waals surface area contributed by atoms with Crippen LogP contribution in [0.25, 0.3) is 0 Å². The molecule has 9 heteroatoms. The third-order valence-electron chi connectivity index (χ3n) is 5.81. The third-order valence-corrected chi connectivity index (χ3v) is 5.81. The van der Waals surface area contributed by atoms with Crippen LogP contribution in [-0.2, 0) is 20.8 Å². The smallest absolute Gasteiger partial charge is 0.289 e. The summed E-state index contributed by atoms with van der Waals surface area (Å²) in [6.07, 6.45) is 2.53. The molecule has 1 fully saturated rings. The molecule has 3 atom stereocenters. The van der Waals surface area contributed by atoms with Gasteiger partial charge in [0.1, 0.15) is 6.04 Å². The predicted molar refractivity (Wildman–Crippen MR) is 123 cm³/mol. The van der Waals surface area contributed by atoms with E-state index in [9.17, 15) is 24.4 Å². The number of amides is 5. The van der Waals surface area contributed by atoms with Crippen LogP contribution in [0.15, 0.2) is 30.3 Å². The fourth-order valence-electron chi connectivity index (χ4n) is 4.23. The average Bonchev–Trinajstić information content (AvgIpc) is 3.02. The van der Waals surface area contributed by atoms with Crippen LogP contribution in [0.4, 0.5) is 4.79 Å². The second kappa shape index (κ2) is 12.3. The molecule has 0 aliphatic carbocycles. The van der Waals surface area contributed by atoms with Crippen LogP contribution in [0.5, 0.6) is 0 Å². The maximum Gasteiger partial charge on any atom is 0.343 e. The van der Waals surface area contributed by atoms with E-state index in [-0.39, 0.29) is 11.8 Å². The van der Waals surface area contributed by atoms with Crippen molar-refractivity contribution in [1.29, 1.82) is 0 Å². The first-order valence-corrected chi connectivity index (χ1v) is 11.6. The maximum absolute atomic E-state index is 13.3. The summed E-state index contributed by atoms with van der Waals surface area (Å²) in [7, 11) is 0. The molecule has 4 N–H and O–H groups in total. The van der Waals surface area contributed by atoms with Gasteiger partial charge in [-0.25, -0.2) is 15.3 Å². The van der Waals surface area contributed by atoms with Crippen LogP contribution < -0.4 is 16.2 Å². The van der Waals surface area contributed by atoms with Crippen LogP contribution in [0.2, 0.25) is 0 Å². The first-order valence-electron chi connectivity index (χ1n) is 11.6. The van der Waals surface area contributed by atoms with Crippen LogP contribution in [-0.4, -0.2) is 40.0 Å². The molecule has 1 aliphatic rings. The summed E-state index contributed by atoms with van der Waals surface area (Å²) < 4.78 is 0. The highest BCUT2D eigenvalue weighted by Crippen LogP contribution is 2.27. The highest BCUT2D eigenvalue weighted by Gasteiger charge is 2.42. The number of nitrogens with one attached hydrogen (secondary N) is 3. The van der Waals surface area contributed by atoms with Crippen molar-refractivity contribution in [3.8, 4) is 0 Å². The van der Waals surface area contributed by atoms with Crippen molar-refractivity contribution in [3.63, 3.8) is 0 Å². The molecule has 1 aromatic rings. The summed E-state index contributed by atoms with van der Waals surface area (Å²) in [4.78, 5) is 50.4. The lowest BCUT2D eigenvalue weighted by Crippen LogP contribution is -2.53. The Hall–Kier alpha value is -2.94. The molecule has 9 nitrogen and oxygen atoms in total. The zero-order valence-electron chi connectivity index (χ0n) is 19.8. The lowest BCUT2D eigenvalue weighted by atomic mass is 9.81. The van der Waals surface area contributed by atoms with Gasteiger partial charge in [-0.05, 0) is 49.5 Å². The van der Waals surface area contributed by atoms with E-state index in [1.807, 2.05) is 58.0 Å². The summed E-state index contributed by atoms with van der Waals surface area (Å²) >= 11 is 0. The summed E-state index contributed by atoms with van der Waals surface area (Å²) in [6.45, 7) is 7.72. The molecule has 1 heterocycles. The van der Waals surface area contributed by atoms with Gasteiger partial charge in [0.25, 0.3) is 5.91 Å². The van der Waals surface area contributed by atoms with E-state index in [1.54, 1.807) is 5.48 Å². The van der Waals surface area contributed by atoms with Crippen molar-refractivity contribution >= 4 is 23.8 Å². The first-order chi connectivity index (χ1) is 15.6. The lowest BCUT2D eigenvalue weighted by molar-refractivity contribution is -0.143. The molecule has 33 heavy (non-hydrogen) atoms. The Morgan fingerprint density at radius 1 is 1.03 bits per heavy atom. The first kappa shape index (κ1) is 26.3. The molecule has 1 aromatic carbocycles. The number of rotatable bonds is 12. The molecule has 0 bridgehead atoms. The Morgan fingerprint density at radius 2 is 1.70 bits per heavy atom. The Kier molecular flexibility index (Phi) is 9.84. The van der Waals surface area contributed by atoms with Crippen LogP contribution in [0, 0.1) is 23.7 Å². The summed E-state index contributed by atoms with van der Waals surface area (Å²) in [5.41, 5.74) is 5.41. The van der Waals surface area contributed by atoms with Gasteiger partial charge in [-0.15, -0.1) is 0 Å². The second-order valence-electron chi connectivity index (χ2n) is 9.48. The topological polar surface area (TPSA) is 128 Å². The normalized spacial score (nSPS) is 17.8. The van der Waals surface area contributed by atoms with E-state index in [4.69, 9.17) is 0 Å². The van der Waals surface area contributed by atoms with Gasteiger partial charge in [0, 0.05) is 0 Å². The van der Waals surface area contributed by atoms with E-state index in [0.29, 0.717) is 25.7 Å². The molecule has 0 radical (unpaired) electrons. The number of hydrogen-bond acceptors (Lipinski definition) is 5. The Morgan fingerprint density at radius 3 is 2.27 bits per heavy atom. The number of imide groups is 1. The molecule has 0 unspecified atom stereocenters. The molecule has 0 spiro atoms. The van der Waals surface area contributed by atoms with Crippen molar-refractivity contribution in [1.82, 2.24) is 21.2 Å². The summed E-state index contributed by atoms with van der Waals surface area (Å²) in [5, 5.41) is 12.6. The molecular weight excluding hydrogens is 424 g/mol. The number of carbonyl (C=O) groups is 4. The maximum atomic E-state index is 13.3. The van der Waals surface area contributed by atoms with Crippen LogP contribution in [0.1, 0.15) is 58.9 Å². The van der Waals surface area contributed by atoms with E-state index in [1.165, 1.54) is 0 Å². The van der Waals surface area contributed by atoms with Crippen LogP contribution in [0.3, 0.4) is 0 Å². The highest BCUT2D eigenvalue weighted by atomic mass is 16.5. The Labute approximate surface area is 195 Å². The number of urea groups is 1. The minimum absolute atomic E-state index is 0.0874. The van der Waals surface area contributed by atoms with Gasteiger partial charge in [0.05, 0.1) is 11.8 Å². The molecule has 1 aliphatic heterocycles. The highest BCUT2D eigenvalue weighted by molar-refractivity contribution is 6.04. The van der Waals surface area contributed by atoms with E-state index in [2.05, 4.69) is 10.7 Å². The number of hydrazine groups is 1. The van der Waals surface area contributed by atoms with Gasteiger partial charge < -0.3 is 0 Å². The third kappa shape index (κ3) is 7.56. The molecule has 2 rings (SSSR count). The van der Waals surface area contributed by atoms with Gasteiger partial charge in [-0.1, -0.05) is 58.0 Å². The zero-order valence-corrected chi connectivity index (χ0v) is 19.8. The number of benzene rings is 1. The quantitative estimate of drug-likeness (QED) is 0.217. The standard InChI is InChI=1S/C24H36N4O5/c1-15(2)13-19(18(22(30)27-33)12-8-11-17-9-6-5-7-10-17)21(29)26-28-20(14-16(3)4)23(31)25-24(28)32/h5-7,9-10,15-16,18-20,33H,8,11-14H2,1-4H3,(H,26,29)(H,27,30)(H,25,31,32)/t18-,19+,20-/m0/s1. The SMILES string of the molecule is CC(C)C[C@@H](C(=O)NN1C(=O)NC(=O)[C@@H]1CC(C)C)[C@H](CCCc1ccccc1)C(=O)NO. The predicted octanol–water partition coefficient (Wildman–Crippen LogP) is 2.79. The fourth-order valence-corrected chi connectivity index (χ4v) is 4.23. The number of carbonyl (C=O) groups excluding carboxylic acids is 4. The Balaban J connectivity index is 2.18. The second-order valence-corrected chi connectivity index (χ2v) is 9.48. The number of hydroxylamine groups is 1. The fraction of sp³-hybridized carbons (Fsp3) is 0.583. The van der Waals surface area contributed by atoms with Crippen molar-refractivity contribution < 1.29 is 24.4 Å². The number of aryl methyl sites for hydroxylation is 1. The number of hydrogen-bond donors (Lipinski definition) is 4. The molecule has 1 saturated heterocycles. The largest absolute Gasteiger partial charge is 0.343 e. The van der Waals surface area contributed by atoms with Crippen molar-refractivity contribution in [3.05, 3.63) is 35.9 Å². The number of nitrogens with zero attached hydrogens (tertiary/aromatic N) is 1. The van der Waals surface area contributed by atoms with E-state index < -0.39 is 41.6 Å². The van der Waals surface area contributed by atoms with Crippen molar-refractivity contribution in [2.24, 2.45) is 23.7 Å². The van der Waals surface area contributed by atoms with E-state index >= 15 is 0 Å². The van der Waals surface area contributed by atoms with Gasteiger partial charge in [0.15, 0.2) is 0 Å². The van der Waals surface area contributed by atoms with Gasteiger partial charge in [-0.3, -0.25) is 30.3 Å². The molecule has 5 amide bonds. The molecule has 0 saturated carbocycles. The monoisotopic (exact) mass is 460 g/mol. The van der Waals surface area contributed by atoms with Crippen LogP contribution >= 0.6 is 0 Å². The lowest BCUT2D eigenvalue weighted by Gasteiger charge is -2.30. The van der Waals surface area contributed by atoms with E-state index in [0.717, 1.165) is 17.0 Å².